The van der Waals surface area contributed by atoms with E-state index >= 15 is 0 Å². The van der Waals surface area contributed by atoms with Gasteiger partial charge in [-0.25, -0.2) is 4.79 Å². The van der Waals surface area contributed by atoms with Gasteiger partial charge in [0.1, 0.15) is 0 Å². The van der Waals surface area contributed by atoms with Crippen molar-refractivity contribution in [3.05, 3.63) is 36.3 Å². The normalized spacial score (nSPS) is 16.7. The first kappa shape index (κ1) is 12.6. The van der Waals surface area contributed by atoms with Gasteiger partial charge in [-0.1, -0.05) is 27.4 Å². The van der Waals surface area contributed by atoms with Crippen LogP contribution in [0.1, 0.15) is 32.8 Å². The van der Waals surface area contributed by atoms with Gasteiger partial charge in [-0.2, -0.15) is 0 Å². The van der Waals surface area contributed by atoms with Crippen LogP contribution >= 0.6 is 0 Å². The SMILES string of the molecule is C=C1CCN(c2cncc(C(C)(C)C)c2)C(=O)N1. The van der Waals surface area contributed by atoms with Crippen LogP contribution < -0.4 is 10.2 Å². The summed E-state index contributed by atoms with van der Waals surface area (Å²) in [6, 6.07) is 1.90. The molecule has 1 aliphatic rings. The molecule has 1 fully saturated rings. The average molecular weight is 245 g/mol. The van der Waals surface area contributed by atoms with Crippen molar-refractivity contribution in [1.82, 2.24) is 10.3 Å². The van der Waals surface area contributed by atoms with Gasteiger partial charge in [-0.15, -0.1) is 0 Å². The van der Waals surface area contributed by atoms with E-state index in [1.807, 2.05) is 12.3 Å². The summed E-state index contributed by atoms with van der Waals surface area (Å²) >= 11 is 0. The quantitative estimate of drug-likeness (QED) is 0.827. The predicted octanol–water partition coefficient (Wildman–Crippen LogP) is 2.81. The summed E-state index contributed by atoms with van der Waals surface area (Å²) < 4.78 is 0. The highest BCUT2D eigenvalue weighted by molar-refractivity contribution is 5.93. The molecular formula is C14H19N3O. The Morgan fingerprint density at radius 2 is 2.11 bits per heavy atom. The third-order valence-corrected chi connectivity index (χ3v) is 3.07. The van der Waals surface area contributed by atoms with Crippen LogP contribution in [0.15, 0.2) is 30.7 Å². The molecule has 0 radical (unpaired) electrons. The van der Waals surface area contributed by atoms with E-state index in [0.717, 1.165) is 23.4 Å². The van der Waals surface area contributed by atoms with Gasteiger partial charge in [0.25, 0.3) is 0 Å². The monoisotopic (exact) mass is 245 g/mol. The highest BCUT2D eigenvalue weighted by Crippen LogP contribution is 2.26. The van der Waals surface area contributed by atoms with Crippen molar-refractivity contribution in [2.24, 2.45) is 0 Å². The molecule has 0 atom stereocenters. The Balaban J connectivity index is 2.29. The molecule has 0 saturated carbocycles. The first-order valence-corrected chi connectivity index (χ1v) is 6.10. The van der Waals surface area contributed by atoms with Gasteiger partial charge in [0.15, 0.2) is 0 Å². The van der Waals surface area contributed by atoms with Crippen LogP contribution in [-0.4, -0.2) is 17.6 Å². The molecular weight excluding hydrogens is 226 g/mol. The number of pyridine rings is 1. The molecule has 1 aliphatic heterocycles. The molecule has 96 valence electrons. The Labute approximate surface area is 108 Å². The molecule has 1 saturated heterocycles. The maximum Gasteiger partial charge on any atom is 0.326 e. The number of amides is 2. The number of aromatic nitrogens is 1. The van der Waals surface area contributed by atoms with Crippen LogP contribution in [0.25, 0.3) is 0 Å². The minimum Gasteiger partial charge on any atom is -0.312 e. The fraction of sp³-hybridized carbons (Fsp3) is 0.429. The van der Waals surface area contributed by atoms with Crippen molar-refractivity contribution in [2.45, 2.75) is 32.6 Å². The minimum absolute atomic E-state index is 0.0267. The fourth-order valence-corrected chi connectivity index (χ4v) is 1.86. The zero-order chi connectivity index (χ0) is 13.3. The second-order valence-corrected chi connectivity index (χ2v) is 5.62. The molecule has 4 nitrogen and oxygen atoms in total. The van der Waals surface area contributed by atoms with Gasteiger partial charge in [-0.05, 0) is 17.0 Å². The molecule has 4 heteroatoms. The molecule has 0 aliphatic carbocycles. The zero-order valence-electron chi connectivity index (χ0n) is 11.2. The molecule has 0 unspecified atom stereocenters. The van der Waals surface area contributed by atoms with E-state index in [1.165, 1.54) is 0 Å². The molecule has 2 amide bonds. The highest BCUT2D eigenvalue weighted by Gasteiger charge is 2.23. The van der Waals surface area contributed by atoms with E-state index in [0.29, 0.717) is 6.54 Å². The number of hydrogen-bond acceptors (Lipinski definition) is 2. The number of rotatable bonds is 1. The van der Waals surface area contributed by atoms with Crippen LogP contribution in [0.4, 0.5) is 10.5 Å². The Bertz CT molecular complexity index is 488. The van der Waals surface area contributed by atoms with Gasteiger partial charge in [0, 0.05) is 24.9 Å². The molecule has 0 spiro atoms. The van der Waals surface area contributed by atoms with Gasteiger partial charge < -0.3 is 5.32 Å². The fourth-order valence-electron chi connectivity index (χ4n) is 1.86. The summed E-state index contributed by atoms with van der Waals surface area (Å²) in [5.41, 5.74) is 2.76. The molecule has 2 rings (SSSR count). The Morgan fingerprint density at radius 1 is 1.39 bits per heavy atom. The topological polar surface area (TPSA) is 45.2 Å². The van der Waals surface area contributed by atoms with Gasteiger partial charge in [0.05, 0.1) is 11.9 Å². The van der Waals surface area contributed by atoms with Crippen molar-refractivity contribution in [3.8, 4) is 0 Å². The van der Waals surface area contributed by atoms with Gasteiger partial charge in [-0.3, -0.25) is 9.88 Å². The first-order chi connectivity index (χ1) is 8.38. The molecule has 0 aromatic carbocycles. The molecule has 2 heterocycles. The van der Waals surface area contributed by atoms with Crippen LogP contribution in [-0.2, 0) is 5.41 Å². The smallest absolute Gasteiger partial charge is 0.312 e. The summed E-state index contributed by atoms with van der Waals surface area (Å²) in [5.74, 6) is 0. The standard InChI is InChI=1S/C14H19N3O/c1-10-5-6-17(13(18)16-10)12-7-11(8-15-9-12)14(2,3)4/h7-9H,1,5-6H2,2-4H3,(H,16,18). The third-order valence-electron chi connectivity index (χ3n) is 3.07. The second kappa shape index (κ2) is 4.44. The lowest BCUT2D eigenvalue weighted by Crippen LogP contribution is -2.45. The maximum absolute atomic E-state index is 11.9. The lowest BCUT2D eigenvalue weighted by atomic mass is 9.88. The van der Waals surface area contributed by atoms with Crippen LogP contribution in [0, 0.1) is 0 Å². The molecule has 18 heavy (non-hydrogen) atoms. The Hall–Kier alpha value is -1.84. The first-order valence-electron chi connectivity index (χ1n) is 6.10. The van der Waals surface area contributed by atoms with Crippen LogP contribution in [0.2, 0.25) is 0 Å². The van der Waals surface area contributed by atoms with E-state index in [-0.39, 0.29) is 11.4 Å². The maximum atomic E-state index is 11.9. The number of nitrogens with zero attached hydrogens (tertiary/aromatic N) is 2. The van der Waals surface area contributed by atoms with E-state index in [4.69, 9.17) is 0 Å². The summed E-state index contributed by atoms with van der Waals surface area (Å²) in [7, 11) is 0. The second-order valence-electron chi connectivity index (χ2n) is 5.62. The highest BCUT2D eigenvalue weighted by atomic mass is 16.2. The molecule has 0 bridgehead atoms. The number of urea groups is 1. The summed E-state index contributed by atoms with van der Waals surface area (Å²) in [6.45, 7) is 10.8. The van der Waals surface area contributed by atoms with E-state index in [1.54, 1.807) is 11.1 Å². The third kappa shape index (κ3) is 2.53. The summed E-state index contributed by atoms with van der Waals surface area (Å²) in [5, 5.41) is 2.75. The van der Waals surface area contributed by atoms with Gasteiger partial charge >= 0.3 is 6.03 Å². The van der Waals surface area contributed by atoms with Crippen molar-refractivity contribution in [1.29, 1.82) is 0 Å². The largest absolute Gasteiger partial charge is 0.326 e. The zero-order valence-corrected chi connectivity index (χ0v) is 11.2. The number of carbonyl (C=O) groups is 1. The predicted molar refractivity (Wildman–Crippen MR) is 72.6 cm³/mol. The Kier molecular flexibility index (Phi) is 3.11. The lowest BCUT2D eigenvalue weighted by Gasteiger charge is -2.29. The van der Waals surface area contributed by atoms with Gasteiger partial charge in [0.2, 0.25) is 0 Å². The van der Waals surface area contributed by atoms with Crippen molar-refractivity contribution in [2.75, 3.05) is 11.4 Å². The van der Waals surface area contributed by atoms with Crippen LogP contribution in [0.5, 0.6) is 0 Å². The number of hydrogen-bond donors (Lipinski definition) is 1. The number of carbonyl (C=O) groups excluding carboxylic acids is 1. The Morgan fingerprint density at radius 3 is 2.72 bits per heavy atom. The minimum atomic E-state index is -0.126. The molecule has 1 aromatic rings. The van der Waals surface area contributed by atoms with Crippen LogP contribution in [0.3, 0.4) is 0 Å². The average Bonchev–Trinajstić information content (AvgIpc) is 2.28. The lowest BCUT2D eigenvalue weighted by molar-refractivity contribution is 0.246. The number of anilines is 1. The molecule has 1 N–H and O–H groups in total. The van der Waals surface area contributed by atoms with Crippen molar-refractivity contribution >= 4 is 11.7 Å². The van der Waals surface area contributed by atoms with Crippen molar-refractivity contribution in [3.63, 3.8) is 0 Å². The summed E-state index contributed by atoms with van der Waals surface area (Å²) in [4.78, 5) is 17.8. The van der Waals surface area contributed by atoms with Crippen molar-refractivity contribution < 1.29 is 4.79 Å². The van der Waals surface area contributed by atoms with E-state index in [9.17, 15) is 4.79 Å². The number of nitrogens with one attached hydrogen (secondary N) is 1. The molecule has 1 aromatic heterocycles. The van der Waals surface area contributed by atoms with E-state index in [2.05, 4.69) is 37.7 Å². The van der Waals surface area contributed by atoms with E-state index < -0.39 is 0 Å². The summed E-state index contributed by atoms with van der Waals surface area (Å²) in [6.07, 6.45) is 4.35.